The quantitative estimate of drug-likeness (QED) is 0.602. The van der Waals surface area contributed by atoms with E-state index < -0.39 is 10.0 Å². The molecule has 0 radical (unpaired) electrons. The van der Waals surface area contributed by atoms with Crippen LogP contribution in [0.2, 0.25) is 0 Å². The van der Waals surface area contributed by atoms with Crippen LogP contribution in [-0.4, -0.2) is 41.2 Å². The molecule has 0 saturated heterocycles. The van der Waals surface area contributed by atoms with Gasteiger partial charge in [0, 0.05) is 13.7 Å². The average Bonchev–Trinajstić information content (AvgIpc) is 2.67. The third kappa shape index (κ3) is 6.67. The summed E-state index contributed by atoms with van der Waals surface area (Å²) in [5, 5.41) is 2.85. The molecular weight excluding hydrogens is 368 g/mol. The fourth-order valence-electron chi connectivity index (χ4n) is 2.33. The monoisotopic (exact) mass is 392 g/mol. The van der Waals surface area contributed by atoms with Gasteiger partial charge in [-0.15, -0.1) is 0 Å². The van der Waals surface area contributed by atoms with Crippen molar-refractivity contribution in [2.24, 2.45) is 0 Å². The first-order chi connectivity index (χ1) is 12.9. The average molecular weight is 392 g/mol. The molecule has 2 aromatic carbocycles. The van der Waals surface area contributed by atoms with Crippen LogP contribution in [-0.2, 0) is 19.6 Å². The normalized spacial score (nSPS) is 12.4. The molecule has 0 unspecified atom stereocenters. The second kappa shape index (κ2) is 10.1. The number of hydrogen-bond donors (Lipinski definition) is 2. The van der Waals surface area contributed by atoms with Crippen molar-refractivity contribution in [2.75, 3.05) is 26.9 Å². The third-order valence-electron chi connectivity index (χ3n) is 3.78. The highest BCUT2D eigenvalue weighted by Crippen LogP contribution is 2.16. The number of sulfonamides is 1. The van der Waals surface area contributed by atoms with E-state index in [2.05, 4.69) is 10.0 Å². The van der Waals surface area contributed by atoms with Gasteiger partial charge in [0.15, 0.2) is 6.61 Å². The van der Waals surface area contributed by atoms with Crippen LogP contribution in [0.4, 0.5) is 0 Å². The van der Waals surface area contributed by atoms with E-state index in [-0.39, 0.29) is 36.6 Å². The van der Waals surface area contributed by atoms with E-state index in [0.717, 1.165) is 5.56 Å². The van der Waals surface area contributed by atoms with E-state index in [9.17, 15) is 13.2 Å². The van der Waals surface area contributed by atoms with Gasteiger partial charge in [0.25, 0.3) is 5.91 Å². The first-order valence-electron chi connectivity index (χ1n) is 8.48. The van der Waals surface area contributed by atoms with Crippen molar-refractivity contribution >= 4 is 15.9 Å². The molecule has 1 amide bonds. The Balaban J connectivity index is 1.85. The number of carbonyl (C=O) groups is 1. The van der Waals surface area contributed by atoms with Gasteiger partial charge >= 0.3 is 0 Å². The number of nitrogens with one attached hydrogen (secondary N) is 2. The second-order valence-electron chi connectivity index (χ2n) is 5.85. The van der Waals surface area contributed by atoms with Crippen LogP contribution in [0.15, 0.2) is 59.5 Å². The summed E-state index contributed by atoms with van der Waals surface area (Å²) in [6.07, 6.45) is 0. The molecule has 1 atom stereocenters. The number of carbonyl (C=O) groups excluding carboxylic acids is 1. The van der Waals surface area contributed by atoms with Crippen molar-refractivity contribution in [3.63, 3.8) is 0 Å². The highest BCUT2D eigenvalue weighted by Gasteiger charge is 2.14. The molecule has 2 N–H and O–H groups in total. The fourth-order valence-corrected chi connectivity index (χ4v) is 3.35. The SMILES string of the molecule is COCCNS(=O)(=O)c1ccc(OCC(=O)N[C@H](C)c2ccccc2)cc1. The van der Waals surface area contributed by atoms with Crippen molar-refractivity contribution in [2.45, 2.75) is 17.9 Å². The summed E-state index contributed by atoms with van der Waals surface area (Å²) < 4.78 is 36.8. The molecular formula is C19H24N2O5S. The van der Waals surface area contributed by atoms with Crippen LogP contribution in [0.5, 0.6) is 5.75 Å². The van der Waals surface area contributed by atoms with Gasteiger partial charge in [-0.2, -0.15) is 0 Å². The molecule has 0 aliphatic carbocycles. The molecule has 2 aromatic rings. The molecule has 8 heteroatoms. The van der Waals surface area contributed by atoms with Gasteiger partial charge in [0.05, 0.1) is 17.5 Å². The van der Waals surface area contributed by atoms with Crippen molar-refractivity contribution in [3.05, 3.63) is 60.2 Å². The lowest BCUT2D eigenvalue weighted by molar-refractivity contribution is -0.123. The summed E-state index contributed by atoms with van der Waals surface area (Å²) in [6, 6.07) is 15.4. The molecule has 0 saturated carbocycles. The summed E-state index contributed by atoms with van der Waals surface area (Å²) in [7, 11) is -2.09. The molecule has 2 rings (SSSR count). The largest absolute Gasteiger partial charge is 0.484 e. The molecule has 27 heavy (non-hydrogen) atoms. The number of rotatable bonds is 10. The predicted molar refractivity (Wildman–Crippen MR) is 102 cm³/mol. The summed E-state index contributed by atoms with van der Waals surface area (Å²) in [5.41, 5.74) is 1.00. The minimum absolute atomic E-state index is 0.119. The first-order valence-corrected chi connectivity index (χ1v) is 9.96. The van der Waals surface area contributed by atoms with E-state index in [1.54, 1.807) is 0 Å². The molecule has 0 aromatic heterocycles. The molecule has 0 bridgehead atoms. The molecule has 0 aliphatic rings. The van der Waals surface area contributed by atoms with Crippen LogP contribution in [0.25, 0.3) is 0 Å². The molecule has 0 aliphatic heterocycles. The van der Waals surface area contributed by atoms with Crippen molar-refractivity contribution in [1.82, 2.24) is 10.0 Å². The Labute approximate surface area is 159 Å². The smallest absolute Gasteiger partial charge is 0.258 e. The van der Waals surface area contributed by atoms with Crippen molar-refractivity contribution < 1.29 is 22.7 Å². The van der Waals surface area contributed by atoms with Gasteiger partial charge in [0.2, 0.25) is 10.0 Å². The summed E-state index contributed by atoms with van der Waals surface area (Å²) in [6.45, 7) is 2.21. The van der Waals surface area contributed by atoms with Crippen LogP contribution < -0.4 is 14.8 Å². The Kier molecular flexibility index (Phi) is 7.78. The molecule has 0 heterocycles. The Morgan fingerprint density at radius 3 is 2.37 bits per heavy atom. The van der Waals surface area contributed by atoms with Crippen molar-refractivity contribution in [3.8, 4) is 5.75 Å². The standard InChI is InChI=1S/C19H24N2O5S/c1-15(16-6-4-3-5-7-16)21-19(22)14-26-17-8-10-18(11-9-17)27(23,24)20-12-13-25-2/h3-11,15,20H,12-14H2,1-2H3,(H,21,22)/t15-/m1/s1. The van der Waals surface area contributed by atoms with Gasteiger partial charge < -0.3 is 14.8 Å². The molecule has 146 valence electrons. The van der Waals surface area contributed by atoms with Gasteiger partial charge in [0.1, 0.15) is 5.75 Å². The number of hydrogen-bond acceptors (Lipinski definition) is 5. The van der Waals surface area contributed by atoms with E-state index >= 15 is 0 Å². The number of benzene rings is 2. The number of ether oxygens (including phenoxy) is 2. The van der Waals surface area contributed by atoms with E-state index in [0.29, 0.717) is 5.75 Å². The van der Waals surface area contributed by atoms with E-state index in [1.807, 2.05) is 37.3 Å². The van der Waals surface area contributed by atoms with Gasteiger partial charge in [-0.1, -0.05) is 30.3 Å². The lowest BCUT2D eigenvalue weighted by Gasteiger charge is -2.14. The van der Waals surface area contributed by atoms with Gasteiger partial charge in [-0.3, -0.25) is 4.79 Å². The number of methoxy groups -OCH3 is 1. The van der Waals surface area contributed by atoms with Gasteiger partial charge in [-0.25, -0.2) is 13.1 Å². The van der Waals surface area contributed by atoms with E-state index in [1.165, 1.54) is 31.4 Å². The Bertz CT molecular complexity index is 823. The minimum atomic E-state index is -3.59. The molecule has 7 nitrogen and oxygen atoms in total. The zero-order valence-corrected chi connectivity index (χ0v) is 16.2. The van der Waals surface area contributed by atoms with Crippen molar-refractivity contribution in [1.29, 1.82) is 0 Å². The second-order valence-corrected chi connectivity index (χ2v) is 7.62. The topological polar surface area (TPSA) is 93.7 Å². The number of amides is 1. The lowest BCUT2D eigenvalue weighted by atomic mass is 10.1. The van der Waals surface area contributed by atoms with E-state index in [4.69, 9.17) is 9.47 Å². The Morgan fingerprint density at radius 1 is 1.07 bits per heavy atom. The Hall–Kier alpha value is -2.42. The summed E-state index contributed by atoms with van der Waals surface area (Å²) in [5.74, 6) is 0.151. The van der Waals surface area contributed by atoms with Gasteiger partial charge in [-0.05, 0) is 36.8 Å². The van der Waals surface area contributed by atoms with Crippen LogP contribution in [0, 0.1) is 0 Å². The summed E-state index contributed by atoms with van der Waals surface area (Å²) >= 11 is 0. The molecule has 0 spiro atoms. The Morgan fingerprint density at radius 2 is 1.74 bits per heavy atom. The predicted octanol–water partition coefficient (Wildman–Crippen LogP) is 1.87. The first kappa shape index (κ1) is 20.9. The minimum Gasteiger partial charge on any atom is -0.484 e. The maximum absolute atomic E-state index is 12.1. The lowest BCUT2D eigenvalue weighted by Crippen LogP contribution is -2.31. The fraction of sp³-hybridized carbons (Fsp3) is 0.316. The maximum atomic E-state index is 12.1. The summed E-state index contributed by atoms with van der Waals surface area (Å²) in [4.78, 5) is 12.1. The molecule has 0 fully saturated rings. The maximum Gasteiger partial charge on any atom is 0.258 e. The van der Waals surface area contributed by atoms with Crippen LogP contribution in [0.3, 0.4) is 0 Å². The highest BCUT2D eigenvalue weighted by molar-refractivity contribution is 7.89. The van der Waals surface area contributed by atoms with Crippen LogP contribution >= 0.6 is 0 Å². The van der Waals surface area contributed by atoms with Crippen LogP contribution in [0.1, 0.15) is 18.5 Å². The third-order valence-corrected chi connectivity index (χ3v) is 5.26. The zero-order valence-electron chi connectivity index (χ0n) is 15.3. The zero-order chi connectivity index (χ0) is 19.7. The highest BCUT2D eigenvalue weighted by atomic mass is 32.2.